The van der Waals surface area contributed by atoms with Crippen molar-refractivity contribution >= 4 is 11.8 Å². The van der Waals surface area contributed by atoms with Gasteiger partial charge in [-0.1, -0.05) is 36.4 Å². The van der Waals surface area contributed by atoms with E-state index in [-0.39, 0.29) is 31.3 Å². The van der Waals surface area contributed by atoms with Crippen molar-refractivity contribution in [3.05, 3.63) is 65.5 Å². The van der Waals surface area contributed by atoms with Crippen molar-refractivity contribution in [3.63, 3.8) is 0 Å². The monoisotopic (exact) mass is 470 g/mol. The molecule has 1 saturated heterocycles. The largest absolute Gasteiger partial charge is 0.483 e. The number of carbonyl (C=O) groups excluding carboxylic acids is 2. The molecule has 2 amide bonds. The van der Waals surface area contributed by atoms with E-state index in [2.05, 4.69) is 5.32 Å². The fraction of sp³-hybridized carbons (Fsp3) is 0.462. The summed E-state index contributed by atoms with van der Waals surface area (Å²) in [6.07, 6.45) is -0.374. The minimum atomic E-state index is -0.995. The van der Waals surface area contributed by atoms with Crippen molar-refractivity contribution in [3.8, 4) is 5.75 Å². The molecule has 0 aromatic heterocycles. The van der Waals surface area contributed by atoms with Crippen molar-refractivity contribution in [2.24, 2.45) is 5.41 Å². The van der Waals surface area contributed by atoms with Crippen LogP contribution >= 0.6 is 0 Å². The van der Waals surface area contributed by atoms with E-state index in [1.807, 2.05) is 12.1 Å². The predicted octanol–water partition coefficient (Wildman–Crippen LogP) is 1.84. The number of fused-ring (bicyclic) bond motifs is 1. The first kappa shape index (κ1) is 24.2. The van der Waals surface area contributed by atoms with Crippen LogP contribution in [-0.2, 0) is 22.4 Å². The summed E-state index contributed by atoms with van der Waals surface area (Å²) >= 11 is 0. The van der Waals surface area contributed by atoms with E-state index in [1.165, 1.54) is 6.07 Å². The highest BCUT2D eigenvalue weighted by molar-refractivity contribution is 5.79. The van der Waals surface area contributed by atoms with Crippen molar-refractivity contribution < 1.29 is 28.9 Å². The molecule has 2 aliphatic heterocycles. The highest BCUT2D eigenvalue weighted by Gasteiger charge is 2.39. The summed E-state index contributed by atoms with van der Waals surface area (Å²) in [5.41, 5.74) is 0.624. The number of halogens is 1. The molecule has 0 bridgehead atoms. The van der Waals surface area contributed by atoms with Crippen LogP contribution in [0.25, 0.3) is 0 Å². The Balaban J connectivity index is 1.44. The predicted molar refractivity (Wildman–Crippen MR) is 124 cm³/mol. The van der Waals surface area contributed by atoms with Gasteiger partial charge in [-0.15, -0.1) is 0 Å². The number of aliphatic hydroxyl groups is 2. The first-order valence-electron chi connectivity index (χ1n) is 11.7. The summed E-state index contributed by atoms with van der Waals surface area (Å²) in [4.78, 5) is 26.9. The van der Waals surface area contributed by atoms with Crippen LogP contribution in [0.5, 0.6) is 5.75 Å². The van der Waals surface area contributed by atoms with Crippen LogP contribution < -0.4 is 10.1 Å². The molecule has 1 spiro atoms. The second kappa shape index (κ2) is 10.5. The number of aliphatic hydroxyl groups excluding tert-OH is 2. The van der Waals surface area contributed by atoms with Gasteiger partial charge in [0.05, 0.1) is 18.6 Å². The minimum Gasteiger partial charge on any atom is -0.483 e. The smallest absolute Gasteiger partial charge is 0.257 e. The van der Waals surface area contributed by atoms with E-state index < -0.39 is 23.4 Å². The second-order valence-electron chi connectivity index (χ2n) is 9.37. The standard InChI is InChI=1S/C26H31FN2O5/c27-20-7-3-1-5-18(20)14-25(33)29-11-9-26(10-12-29)15-22(31)21(30)13-19-6-2-4-8-23(19)34-16-24(32)28-17-26/h1-8,21-22,30-31H,9-17H2,(H,28,32)/t21-,22+/m0/s1. The average Bonchev–Trinajstić information content (AvgIpc) is 2.83. The topological polar surface area (TPSA) is 99.1 Å². The third kappa shape index (κ3) is 5.74. The molecule has 8 heteroatoms. The van der Waals surface area contributed by atoms with Crippen LogP contribution in [0.1, 0.15) is 30.4 Å². The van der Waals surface area contributed by atoms with E-state index in [9.17, 15) is 24.2 Å². The lowest BCUT2D eigenvalue weighted by Gasteiger charge is -2.43. The molecule has 0 unspecified atom stereocenters. The summed E-state index contributed by atoms with van der Waals surface area (Å²) < 4.78 is 19.6. The Bertz CT molecular complexity index is 1020. The van der Waals surface area contributed by atoms with Crippen molar-refractivity contribution in [2.45, 2.75) is 44.3 Å². The lowest BCUT2D eigenvalue weighted by atomic mass is 9.73. The molecular weight excluding hydrogens is 439 g/mol. The van der Waals surface area contributed by atoms with Crippen LogP contribution in [-0.4, -0.2) is 65.4 Å². The Kier molecular flexibility index (Phi) is 7.48. The number of para-hydroxylation sites is 1. The Morgan fingerprint density at radius 1 is 1.09 bits per heavy atom. The van der Waals surface area contributed by atoms with Crippen LogP contribution in [0, 0.1) is 11.2 Å². The van der Waals surface area contributed by atoms with Gasteiger partial charge in [-0.3, -0.25) is 9.59 Å². The molecule has 2 aromatic carbocycles. The van der Waals surface area contributed by atoms with Crippen LogP contribution in [0.2, 0.25) is 0 Å². The molecular formula is C26H31FN2O5. The van der Waals surface area contributed by atoms with Gasteiger partial charge in [0.25, 0.3) is 5.91 Å². The van der Waals surface area contributed by atoms with Gasteiger partial charge in [0, 0.05) is 26.1 Å². The van der Waals surface area contributed by atoms with Crippen molar-refractivity contribution in [2.75, 3.05) is 26.2 Å². The summed E-state index contributed by atoms with van der Waals surface area (Å²) in [6.45, 7) is 1.05. The van der Waals surface area contributed by atoms with Crippen molar-refractivity contribution in [1.82, 2.24) is 10.2 Å². The molecule has 182 valence electrons. The zero-order valence-electron chi connectivity index (χ0n) is 19.1. The quantitative estimate of drug-likeness (QED) is 0.622. The number of nitrogens with zero attached hydrogens (tertiary/aromatic N) is 1. The number of rotatable bonds is 2. The normalized spacial score (nSPS) is 23.1. The molecule has 0 saturated carbocycles. The van der Waals surface area contributed by atoms with Crippen LogP contribution in [0.15, 0.2) is 48.5 Å². The fourth-order valence-corrected chi connectivity index (χ4v) is 4.83. The summed E-state index contributed by atoms with van der Waals surface area (Å²) in [6, 6.07) is 13.4. The van der Waals surface area contributed by atoms with E-state index in [4.69, 9.17) is 4.74 Å². The molecule has 2 heterocycles. The Hall–Kier alpha value is -2.97. The van der Waals surface area contributed by atoms with Gasteiger partial charge in [-0.2, -0.15) is 0 Å². The van der Waals surface area contributed by atoms with E-state index in [1.54, 1.807) is 35.2 Å². The number of hydrogen-bond donors (Lipinski definition) is 3. The summed E-state index contributed by atoms with van der Waals surface area (Å²) in [5.74, 6) is -0.293. The Morgan fingerprint density at radius 3 is 2.56 bits per heavy atom. The molecule has 1 fully saturated rings. The first-order chi connectivity index (χ1) is 16.3. The number of amides is 2. The molecule has 34 heavy (non-hydrogen) atoms. The SMILES string of the molecule is O=C1COc2ccccc2C[C@H](O)[C@H](O)CC2(CCN(C(=O)Cc3ccccc3F)CC2)CN1. The van der Waals surface area contributed by atoms with E-state index >= 15 is 0 Å². The third-order valence-electron chi connectivity index (χ3n) is 6.98. The third-order valence-corrected chi connectivity index (χ3v) is 6.98. The molecule has 0 radical (unpaired) electrons. The number of carbonyl (C=O) groups is 2. The molecule has 0 aliphatic carbocycles. The number of hydrogen-bond acceptors (Lipinski definition) is 5. The molecule has 2 atom stereocenters. The summed E-state index contributed by atoms with van der Waals surface area (Å²) in [5, 5.41) is 24.5. The maximum absolute atomic E-state index is 14.0. The maximum atomic E-state index is 14.0. The van der Waals surface area contributed by atoms with Gasteiger partial charge >= 0.3 is 0 Å². The lowest BCUT2D eigenvalue weighted by molar-refractivity contribution is -0.134. The Morgan fingerprint density at radius 2 is 1.79 bits per heavy atom. The zero-order valence-corrected chi connectivity index (χ0v) is 19.1. The van der Waals surface area contributed by atoms with E-state index in [0.717, 1.165) is 5.56 Å². The number of piperidine rings is 1. The first-order valence-corrected chi connectivity index (χ1v) is 11.7. The van der Waals surface area contributed by atoms with Gasteiger partial charge in [-0.05, 0) is 47.9 Å². The van der Waals surface area contributed by atoms with Gasteiger partial charge in [0.2, 0.25) is 5.91 Å². The Labute approximate surface area is 198 Å². The van der Waals surface area contributed by atoms with Gasteiger partial charge < -0.3 is 25.2 Å². The van der Waals surface area contributed by atoms with Gasteiger partial charge in [0.1, 0.15) is 11.6 Å². The molecule has 2 aliphatic rings. The number of likely N-dealkylation sites (tertiary alicyclic amines) is 1. The number of nitrogens with one attached hydrogen (secondary N) is 1. The lowest BCUT2D eigenvalue weighted by Crippen LogP contribution is -2.51. The average molecular weight is 471 g/mol. The van der Waals surface area contributed by atoms with Crippen LogP contribution in [0.3, 0.4) is 0 Å². The van der Waals surface area contributed by atoms with Crippen molar-refractivity contribution in [1.29, 1.82) is 0 Å². The highest BCUT2D eigenvalue weighted by Crippen LogP contribution is 2.37. The van der Waals surface area contributed by atoms with Crippen LogP contribution in [0.4, 0.5) is 4.39 Å². The number of benzene rings is 2. The van der Waals surface area contributed by atoms with Gasteiger partial charge in [-0.25, -0.2) is 4.39 Å². The molecule has 4 rings (SSSR count). The summed E-state index contributed by atoms with van der Waals surface area (Å²) in [7, 11) is 0. The highest BCUT2D eigenvalue weighted by atomic mass is 19.1. The van der Waals surface area contributed by atoms with Gasteiger partial charge in [0.15, 0.2) is 6.61 Å². The minimum absolute atomic E-state index is 0.00546. The fourth-order valence-electron chi connectivity index (χ4n) is 4.83. The molecule has 7 nitrogen and oxygen atoms in total. The maximum Gasteiger partial charge on any atom is 0.257 e. The second-order valence-corrected chi connectivity index (χ2v) is 9.37. The number of ether oxygens (including phenoxy) is 1. The molecule has 2 aromatic rings. The molecule has 3 N–H and O–H groups in total. The zero-order chi connectivity index (χ0) is 24.1. The van der Waals surface area contributed by atoms with E-state index in [0.29, 0.717) is 50.2 Å².